The summed E-state index contributed by atoms with van der Waals surface area (Å²) in [6.07, 6.45) is -0.112. The van der Waals surface area contributed by atoms with Crippen LogP contribution in [0.1, 0.15) is 19.4 Å². The summed E-state index contributed by atoms with van der Waals surface area (Å²) in [5.74, 6) is 0.828. The van der Waals surface area contributed by atoms with Gasteiger partial charge in [0.15, 0.2) is 11.5 Å². The molecular weight excluding hydrogens is 270 g/mol. The van der Waals surface area contributed by atoms with E-state index in [4.69, 9.17) is 21.1 Å². The van der Waals surface area contributed by atoms with Crippen molar-refractivity contribution >= 4 is 23.1 Å². The SMILES string of the molecule is CN(C(=O)Cl)C(=O)Oc1cccc2c1OC(C)(C)C2. The van der Waals surface area contributed by atoms with Crippen LogP contribution in [-0.4, -0.2) is 29.0 Å². The van der Waals surface area contributed by atoms with Gasteiger partial charge in [-0.05, 0) is 31.5 Å². The molecule has 0 bridgehead atoms. The number of halogens is 1. The van der Waals surface area contributed by atoms with E-state index in [9.17, 15) is 9.59 Å². The van der Waals surface area contributed by atoms with Crippen molar-refractivity contribution in [1.82, 2.24) is 4.90 Å². The summed E-state index contributed by atoms with van der Waals surface area (Å²) >= 11 is 5.21. The Bertz CT molecular complexity index is 541. The summed E-state index contributed by atoms with van der Waals surface area (Å²) < 4.78 is 10.9. The van der Waals surface area contributed by atoms with Crippen LogP contribution in [0.4, 0.5) is 9.59 Å². The molecule has 0 spiro atoms. The lowest BCUT2D eigenvalue weighted by molar-refractivity contribution is 0.130. The lowest BCUT2D eigenvalue weighted by atomic mass is 10.0. The van der Waals surface area contributed by atoms with Crippen LogP contribution in [0.25, 0.3) is 0 Å². The number of benzene rings is 1. The molecule has 19 heavy (non-hydrogen) atoms. The highest BCUT2D eigenvalue weighted by Crippen LogP contribution is 2.41. The van der Waals surface area contributed by atoms with Gasteiger partial charge in [-0.1, -0.05) is 12.1 Å². The third kappa shape index (κ3) is 2.81. The molecule has 0 saturated heterocycles. The molecule has 0 fully saturated rings. The Balaban J connectivity index is 2.23. The topological polar surface area (TPSA) is 55.8 Å². The molecule has 5 nitrogen and oxygen atoms in total. The molecule has 0 radical (unpaired) electrons. The zero-order valence-corrected chi connectivity index (χ0v) is 11.7. The Morgan fingerprint density at radius 3 is 2.74 bits per heavy atom. The minimum atomic E-state index is -0.904. The number of ether oxygens (including phenoxy) is 2. The summed E-state index contributed by atoms with van der Waals surface area (Å²) in [5, 5.41) is -0.904. The molecule has 2 amide bonds. The molecule has 0 N–H and O–H groups in total. The molecule has 1 aromatic rings. The third-order valence-corrected chi connectivity index (χ3v) is 3.04. The molecule has 0 atom stereocenters. The normalized spacial score (nSPS) is 15.4. The van der Waals surface area contributed by atoms with E-state index in [0.29, 0.717) is 10.6 Å². The molecular formula is C13H14ClNO4. The van der Waals surface area contributed by atoms with E-state index < -0.39 is 11.5 Å². The van der Waals surface area contributed by atoms with Crippen molar-refractivity contribution in [3.8, 4) is 11.5 Å². The van der Waals surface area contributed by atoms with E-state index >= 15 is 0 Å². The maximum atomic E-state index is 11.7. The first-order chi connectivity index (χ1) is 8.80. The van der Waals surface area contributed by atoms with Crippen LogP contribution in [0, 0.1) is 0 Å². The molecule has 0 saturated carbocycles. The van der Waals surface area contributed by atoms with Crippen molar-refractivity contribution in [3.63, 3.8) is 0 Å². The minimum Gasteiger partial charge on any atom is -0.483 e. The van der Waals surface area contributed by atoms with E-state index in [1.54, 1.807) is 12.1 Å². The van der Waals surface area contributed by atoms with Gasteiger partial charge in [0.25, 0.3) is 0 Å². The lowest BCUT2D eigenvalue weighted by Gasteiger charge is -2.18. The van der Waals surface area contributed by atoms with Gasteiger partial charge in [0, 0.05) is 19.0 Å². The fourth-order valence-corrected chi connectivity index (χ4v) is 1.97. The van der Waals surface area contributed by atoms with E-state index in [0.717, 1.165) is 12.0 Å². The molecule has 102 valence electrons. The van der Waals surface area contributed by atoms with Crippen molar-refractivity contribution in [2.24, 2.45) is 0 Å². The molecule has 0 unspecified atom stereocenters. The van der Waals surface area contributed by atoms with Crippen molar-refractivity contribution in [2.45, 2.75) is 25.9 Å². The Morgan fingerprint density at radius 1 is 1.42 bits per heavy atom. The number of hydrogen-bond acceptors (Lipinski definition) is 4. The molecule has 2 rings (SSSR count). The van der Waals surface area contributed by atoms with Gasteiger partial charge >= 0.3 is 11.5 Å². The van der Waals surface area contributed by atoms with Crippen LogP contribution < -0.4 is 9.47 Å². The molecule has 1 heterocycles. The summed E-state index contributed by atoms with van der Waals surface area (Å²) in [4.78, 5) is 23.2. The lowest BCUT2D eigenvalue weighted by Crippen LogP contribution is -2.31. The zero-order chi connectivity index (χ0) is 14.2. The van der Waals surface area contributed by atoms with Gasteiger partial charge in [-0.2, -0.15) is 0 Å². The molecule has 1 aliphatic rings. The molecule has 6 heteroatoms. The maximum Gasteiger partial charge on any atom is 0.422 e. The van der Waals surface area contributed by atoms with E-state index in [1.807, 2.05) is 19.9 Å². The van der Waals surface area contributed by atoms with Crippen molar-refractivity contribution < 1.29 is 19.1 Å². The van der Waals surface area contributed by atoms with Crippen LogP contribution in [0.15, 0.2) is 18.2 Å². The van der Waals surface area contributed by atoms with Crippen LogP contribution in [0.5, 0.6) is 11.5 Å². The van der Waals surface area contributed by atoms with Gasteiger partial charge in [-0.25, -0.2) is 9.69 Å². The number of fused-ring (bicyclic) bond motifs is 1. The van der Waals surface area contributed by atoms with Gasteiger partial charge in [-0.15, -0.1) is 0 Å². The molecule has 1 aromatic carbocycles. The smallest absolute Gasteiger partial charge is 0.422 e. The number of hydrogen-bond donors (Lipinski definition) is 0. The Labute approximate surface area is 116 Å². The van der Waals surface area contributed by atoms with Gasteiger partial charge in [-0.3, -0.25) is 4.79 Å². The van der Waals surface area contributed by atoms with Crippen LogP contribution in [0.3, 0.4) is 0 Å². The van der Waals surface area contributed by atoms with Crippen molar-refractivity contribution in [3.05, 3.63) is 23.8 Å². The van der Waals surface area contributed by atoms with Crippen LogP contribution in [0.2, 0.25) is 0 Å². The largest absolute Gasteiger partial charge is 0.483 e. The first-order valence-electron chi connectivity index (χ1n) is 5.76. The van der Waals surface area contributed by atoms with Gasteiger partial charge in [0.1, 0.15) is 5.60 Å². The van der Waals surface area contributed by atoms with E-state index in [-0.39, 0.29) is 11.4 Å². The van der Waals surface area contributed by atoms with Gasteiger partial charge in [0.05, 0.1) is 0 Å². The average molecular weight is 284 g/mol. The monoisotopic (exact) mass is 283 g/mol. The average Bonchev–Trinajstić information content (AvgIpc) is 2.63. The van der Waals surface area contributed by atoms with Crippen molar-refractivity contribution in [1.29, 1.82) is 0 Å². The molecule has 0 aromatic heterocycles. The number of amides is 2. The predicted octanol–water partition coefficient (Wildman–Crippen LogP) is 3.19. The van der Waals surface area contributed by atoms with E-state index in [1.165, 1.54) is 7.05 Å². The fourth-order valence-electron chi connectivity index (χ4n) is 1.90. The highest BCUT2D eigenvalue weighted by atomic mass is 35.5. The highest BCUT2D eigenvalue weighted by Gasteiger charge is 2.33. The summed E-state index contributed by atoms with van der Waals surface area (Å²) in [7, 11) is 1.24. The number of carbonyl (C=O) groups excluding carboxylic acids is 2. The Kier molecular flexibility index (Phi) is 3.41. The molecule has 0 aliphatic carbocycles. The second-order valence-corrected chi connectivity index (χ2v) is 5.29. The van der Waals surface area contributed by atoms with Crippen LogP contribution >= 0.6 is 11.6 Å². The Hall–Kier alpha value is -1.75. The van der Waals surface area contributed by atoms with Crippen molar-refractivity contribution in [2.75, 3.05) is 7.05 Å². The number of para-hydroxylation sites is 1. The fraction of sp³-hybridized carbons (Fsp3) is 0.385. The number of carbonyl (C=O) groups is 2. The quantitative estimate of drug-likeness (QED) is 0.587. The first kappa shape index (κ1) is 13.7. The second-order valence-electron chi connectivity index (χ2n) is 4.96. The van der Waals surface area contributed by atoms with Crippen LogP contribution in [-0.2, 0) is 6.42 Å². The zero-order valence-electron chi connectivity index (χ0n) is 10.9. The van der Waals surface area contributed by atoms with Gasteiger partial charge < -0.3 is 9.47 Å². The van der Waals surface area contributed by atoms with Gasteiger partial charge in [0.2, 0.25) is 0 Å². The predicted molar refractivity (Wildman–Crippen MR) is 69.9 cm³/mol. The molecule has 1 aliphatic heterocycles. The Morgan fingerprint density at radius 2 is 2.11 bits per heavy atom. The standard InChI is InChI=1S/C13H14ClNO4/c1-13(2)7-8-5-4-6-9(10(8)19-13)18-12(17)15(3)11(14)16/h4-6H,7H2,1-3H3. The maximum absolute atomic E-state index is 11.7. The number of nitrogens with zero attached hydrogens (tertiary/aromatic N) is 1. The first-order valence-corrected chi connectivity index (χ1v) is 6.14. The summed E-state index contributed by atoms with van der Waals surface area (Å²) in [5.41, 5.74) is 0.633. The second kappa shape index (κ2) is 4.74. The summed E-state index contributed by atoms with van der Waals surface area (Å²) in [6, 6.07) is 5.30. The summed E-state index contributed by atoms with van der Waals surface area (Å²) in [6.45, 7) is 3.90. The number of imide groups is 1. The minimum absolute atomic E-state index is 0.290. The third-order valence-electron chi connectivity index (χ3n) is 2.79. The van der Waals surface area contributed by atoms with E-state index in [2.05, 4.69) is 0 Å². The highest BCUT2D eigenvalue weighted by molar-refractivity contribution is 6.63. The number of rotatable bonds is 1.